The topological polar surface area (TPSA) is 42.2 Å². The van der Waals surface area contributed by atoms with Crippen molar-refractivity contribution in [3.63, 3.8) is 0 Å². The number of hydrogen-bond acceptors (Lipinski definition) is 2. The molecular formula is C29H45N2O2+. The molecule has 1 amide bonds. The van der Waals surface area contributed by atoms with E-state index in [4.69, 9.17) is 4.74 Å². The molecule has 0 bridgehead atoms. The molecule has 4 heteroatoms. The van der Waals surface area contributed by atoms with Crippen molar-refractivity contribution >= 4 is 5.91 Å². The number of ether oxygens (including phenoxy) is 1. The van der Waals surface area contributed by atoms with Gasteiger partial charge in [-0.05, 0) is 37.1 Å². The van der Waals surface area contributed by atoms with Gasteiger partial charge in [0.15, 0.2) is 6.20 Å². The molecule has 182 valence electrons. The molecule has 0 aliphatic heterocycles. The molecule has 0 saturated heterocycles. The summed E-state index contributed by atoms with van der Waals surface area (Å²) >= 11 is 0. The molecule has 1 heterocycles. The summed E-state index contributed by atoms with van der Waals surface area (Å²) in [6.45, 7) is 6.37. The lowest BCUT2D eigenvalue weighted by Gasteiger charge is -2.08. The van der Waals surface area contributed by atoms with Crippen LogP contribution in [0.4, 0.5) is 0 Å². The molecule has 0 aliphatic carbocycles. The highest BCUT2D eigenvalue weighted by Gasteiger charge is 2.16. The first kappa shape index (κ1) is 26.9. The molecule has 0 saturated carbocycles. The van der Waals surface area contributed by atoms with Crippen molar-refractivity contribution in [2.24, 2.45) is 0 Å². The molecule has 0 unspecified atom stereocenters. The zero-order chi connectivity index (χ0) is 23.6. The van der Waals surface area contributed by atoms with Crippen molar-refractivity contribution in [2.45, 2.75) is 104 Å². The Hall–Kier alpha value is -2.36. The molecule has 2 aromatic rings. The number of carbonyl (C=O) groups excluding carboxylic acids is 1. The van der Waals surface area contributed by atoms with Gasteiger partial charge in [-0.25, -0.2) is 0 Å². The molecular weight excluding hydrogens is 408 g/mol. The van der Waals surface area contributed by atoms with Gasteiger partial charge in [0.25, 0.3) is 5.69 Å². The van der Waals surface area contributed by atoms with E-state index < -0.39 is 0 Å². The number of amides is 1. The first-order valence-corrected chi connectivity index (χ1v) is 13.2. The van der Waals surface area contributed by atoms with Crippen LogP contribution in [0.3, 0.4) is 0 Å². The molecule has 1 aromatic carbocycles. The van der Waals surface area contributed by atoms with Gasteiger partial charge < -0.3 is 10.1 Å². The van der Waals surface area contributed by atoms with Gasteiger partial charge in [0.2, 0.25) is 0 Å². The summed E-state index contributed by atoms with van der Waals surface area (Å²) < 4.78 is 7.83. The van der Waals surface area contributed by atoms with Crippen LogP contribution in [-0.2, 0) is 13.1 Å². The Balaban J connectivity index is 1.51. The van der Waals surface area contributed by atoms with Crippen molar-refractivity contribution in [3.05, 3.63) is 59.9 Å². The van der Waals surface area contributed by atoms with Crippen molar-refractivity contribution < 1.29 is 14.1 Å². The van der Waals surface area contributed by atoms with E-state index in [0.29, 0.717) is 12.2 Å². The summed E-state index contributed by atoms with van der Waals surface area (Å²) in [5, 5.41) is 3.00. The lowest BCUT2D eigenvalue weighted by atomic mass is 10.1. The summed E-state index contributed by atoms with van der Waals surface area (Å²) in [6.07, 6.45) is 18.2. The van der Waals surface area contributed by atoms with Crippen molar-refractivity contribution in [3.8, 4) is 5.75 Å². The highest BCUT2D eigenvalue weighted by molar-refractivity contribution is 5.90. The fourth-order valence-electron chi connectivity index (χ4n) is 4.07. The van der Waals surface area contributed by atoms with Gasteiger partial charge in [0, 0.05) is 18.7 Å². The molecule has 0 radical (unpaired) electrons. The minimum Gasteiger partial charge on any atom is -0.494 e. The zero-order valence-electron chi connectivity index (χ0n) is 21.0. The molecule has 0 atom stereocenters. The average Bonchev–Trinajstić information content (AvgIpc) is 2.86. The van der Waals surface area contributed by atoms with E-state index >= 15 is 0 Å². The van der Waals surface area contributed by atoms with Crippen LogP contribution in [0, 0.1) is 0 Å². The monoisotopic (exact) mass is 453 g/mol. The van der Waals surface area contributed by atoms with Gasteiger partial charge >= 0.3 is 5.91 Å². The summed E-state index contributed by atoms with van der Waals surface area (Å²) in [5.74, 6) is 0.852. The number of aromatic nitrogens is 1. The summed E-state index contributed by atoms with van der Waals surface area (Å²) in [7, 11) is 0. The SMILES string of the molecule is CCCCCCCCCCCCCCOc1ccc(CNC(=O)c2cccc[n+]2CC)cc1. The Kier molecular flexibility index (Phi) is 14.0. The number of unbranched alkanes of at least 4 members (excludes halogenated alkanes) is 11. The van der Waals surface area contributed by atoms with Crippen LogP contribution in [0.15, 0.2) is 48.7 Å². The number of aryl methyl sites for hydroxylation is 1. The van der Waals surface area contributed by atoms with E-state index in [-0.39, 0.29) is 5.91 Å². The zero-order valence-corrected chi connectivity index (χ0v) is 21.0. The number of hydrogen-bond donors (Lipinski definition) is 1. The normalized spacial score (nSPS) is 10.8. The maximum Gasteiger partial charge on any atom is 0.316 e. The van der Waals surface area contributed by atoms with E-state index in [1.807, 2.05) is 60.2 Å². The molecule has 0 aliphatic rings. The molecule has 1 N–H and O–H groups in total. The fraction of sp³-hybridized carbons (Fsp3) is 0.586. The van der Waals surface area contributed by atoms with Gasteiger partial charge in [-0.1, -0.05) is 89.7 Å². The van der Waals surface area contributed by atoms with Crippen molar-refractivity contribution in [1.29, 1.82) is 0 Å². The minimum atomic E-state index is -0.0512. The second-order valence-electron chi connectivity index (χ2n) is 8.94. The van der Waals surface area contributed by atoms with E-state index in [9.17, 15) is 4.79 Å². The third kappa shape index (κ3) is 11.4. The Labute approximate surface area is 201 Å². The second kappa shape index (κ2) is 17.2. The molecule has 0 spiro atoms. The second-order valence-corrected chi connectivity index (χ2v) is 8.94. The van der Waals surface area contributed by atoms with E-state index in [1.54, 1.807) is 0 Å². The first-order valence-electron chi connectivity index (χ1n) is 13.2. The predicted molar refractivity (Wildman–Crippen MR) is 136 cm³/mol. The highest BCUT2D eigenvalue weighted by atomic mass is 16.5. The van der Waals surface area contributed by atoms with E-state index in [0.717, 1.165) is 30.9 Å². The number of pyridine rings is 1. The molecule has 4 nitrogen and oxygen atoms in total. The fourth-order valence-corrected chi connectivity index (χ4v) is 4.07. The van der Waals surface area contributed by atoms with Crippen LogP contribution in [0.5, 0.6) is 5.75 Å². The summed E-state index contributed by atoms with van der Waals surface area (Å²) in [6, 6.07) is 13.7. The largest absolute Gasteiger partial charge is 0.494 e. The Bertz CT molecular complexity index is 773. The number of rotatable bonds is 18. The van der Waals surface area contributed by atoms with Gasteiger partial charge in [-0.2, -0.15) is 4.57 Å². The van der Waals surface area contributed by atoms with Gasteiger partial charge in [0.1, 0.15) is 12.3 Å². The van der Waals surface area contributed by atoms with E-state index in [2.05, 4.69) is 12.2 Å². The molecule has 33 heavy (non-hydrogen) atoms. The number of nitrogens with zero attached hydrogens (tertiary/aromatic N) is 1. The Morgan fingerprint density at radius 2 is 1.39 bits per heavy atom. The van der Waals surface area contributed by atoms with Crippen molar-refractivity contribution in [2.75, 3.05) is 6.61 Å². The van der Waals surface area contributed by atoms with Gasteiger partial charge in [-0.3, -0.25) is 4.79 Å². The predicted octanol–water partition coefficient (Wildman–Crippen LogP) is 7.00. The van der Waals surface area contributed by atoms with Crippen LogP contribution in [0.2, 0.25) is 0 Å². The van der Waals surface area contributed by atoms with Gasteiger partial charge in [0.05, 0.1) is 6.61 Å². The lowest BCUT2D eigenvalue weighted by Crippen LogP contribution is -2.42. The average molecular weight is 454 g/mol. The van der Waals surface area contributed by atoms with Crippen LogP contribution >= 0.6 is 0 Å². The quantitative estimate of drug-likeness (QED) is 0.195. The molecule has 2 rings (SSSR count). The third-order valence-electron chi connectivity index (χ3n) is 6.16. The smallest absolute Gasteiger partial charge is 0.316 e. The van der Waals surface area contributed by atoms with Crippen molar-refractivity contribution in [1.82, 2.24) is 5.32 Å². The van der Waals surface area contributed by atoms with Crippen LogP contribution in [0.25, 0.3) is 0 Å². The standard InChI is InChI=1S/C29H44N2O2/c1-3-5-6-7-8-9-10-11-12-13-14-17-24-33-27-21-19-26(20-22-27)25-30-29(32)28-18-15-16-23-31(28)4-2/h15-16,18-23H,3-14,17,24-25H2,1-2H3/p+1. The van der Waals surface area contributed by atoms with Crippen LogP contribution in [0.1, 0.15) is 107 Å². The van der Waals surface area contributed by atoms with Crippen LogP contribution in [-0.4, -0.2) is 12.5 Å². The third-order valence-corrected chi connectivity index (χ3v) is 6.16. The Morgan fingerprint density at radius 1 is 0.788 bits per heavy atom. The number of carbonyl (C=O) groups is 1. The molecule has 0 fully saturated rings. The number of nitrogens with one attached hydrogen (secondary N) is 1. The summed E-state index contributed by atoms with van der Waals surface area (Å²) in [4.78, 5) is 12.5. The maximum absolute atomic E-state index is 12.5. The lowest BCUT2D eigenvalue weighted by molar-refractivity contribution is -0.695. The van der Waals surface area contributed by atoms with E-state index in [1.165, 1.54) is 70.6 Å². The molecule has 1 aromatic heterocycles. The minimum absolute atomic E-state index is 0.0512. The Morgan fingerprint density at radius 3 is 2.00 bits per heavy atom. The first-order chi connectivity index (χ1) is 16.2. The van der Waals surface area contributed by atoms with Crippen LogP contribution < -0.4 is 14.6 Å². The maximum atomic E-state index is 12.5. The number of benzene rings is 1. The summed E-state index contributed by atoms with van der Waals surface area (Å²) in [5.41, 5.74) is 1.75. The highest BCUT2D eigenvalue weighted by Crippen LogP contribution is 2.14. The van der Waals surface area contributed by atoms with Gasteiger partial charge in [-0.15, -0.1) is 0 Å².